The molecule has 0 fully saturated rings. The highest BCUT2D eigenvalue weighted by Gasteiger charge is 2.14. The fraction of sp³-hybridized carbons (Fsp3) is 0.111. The smallest absolute Gasteiger partial charge is 0.338 e. The summed E-state index contributed by atoms with van der Waals surface area (Å²) in [5.41, 5.74) is 3.42. The highest BCUT2D eigenvalue weighted by molar-refractivity contribution is 5.89. The van der Waals surface area contributed by atoms with Gasteiger partial charge in [0.05, 0.1) is 0 Å². The van der Waals surface area contributed by atoms with Crippen LogP contribution >= 0.6 is 0 Å². The Balaban J connectivity index is 1.87. The molecule has 0 aliphatic rings. The number of esters is 2. The molecular weight excluding hydrogens is 426 g/mol. The third kappa shape index (κ3) is 5.41. The zero-order valence-corrected chi connectivity index (χ0v) is 18.5. The first-order valence-electron chi connectivity index (χ1n) is 10.0. The summed E-state index contributed by atoms with van der Waals surface area (Å²) in [6.45, 7) is 11.8. The van der Waals surface area contributed by atoms with Gasteiger partial charge in [0.15, 0.2) is 11.6 Å². The van der Waals surface area contributed by atoms with Crippen molar-refractivity contribution < 1.29 is 27.8 Å². The highest BCUT2D eigenvalue weighted by Crippen LogP contribution is 2.33. The van der Waals surface area contributed by atoms with Gasteiger partial charge in [-0.25, -0.2) is 18.4 Å². The van der Waals surface area contributed by atoms with Crippen molar-refractivity contribution in [1.29, 1.82) is 0 Å². The van der Waals surface area contributed by atoms with Gasteiger partial charge < -0.3 is 9.47 Å². The Kier molecular flexibility index (Phi) is 6.87. The molecule has 0 amide bonds. The molecule has 6 heteroatoms. The number of carbonyl (C=O) groups excluding carboxylic acids is 2. The fourth-order valence-corrected chi connectivity index (χ4v) is 3.08. The second-order valence-corrected chi connectivity index (χ2v) is 7.66. The maximum atomic E-state index is 14.7. The summed E-state index contributed by atoms with van der Waals surface area (Å²) >= 11 is 0. The van der Waals surface area contributed by atoms with E-state index < -0.39 is 23.6 Å². The normalized spacial score (nSPS) is 10.5. The monoisotopic (exact) mass is 448 g/mol. The van der Waals surface area contributed by atoms with Crippen LogP contribution in [0.3, 0.4) is 0 Å². The van der Waals surface area contributed by atoms with Gasteiger partial charge in [0.2, 0.25) is 0 Å². The van der Waals surface area contributed by atoms with E-state index >= 15 is 0 Å². The van der Waals surface area contributed by atoms with Crippen molar-refractivity contribution >= 4 is 11.9 Å². The summed E-state index contributed by atoms with van der Waals surface area (Å²) in [6.07, 6.45) is 0. The maximum Gasteiger partial charge on any atom is 0.338 e. The molecule has 0 aliphatic carbocycles. The van der Waals surface area contributed by atoms with E-state index in [4.69, 9.17) is 9.47 Å². The maximum absolute atomic E-state index is 14.7. The topological polar surface area (TPSA) is 52.6 Å². The number of halogens is 2. The summed E-state index contributed by atoms with van der Waals surface area (Å²) in [5, 5.41) is 0. The Labute approximate surface area is 190 Å². The van der Waals surface area contributed by atoms with Crippen molar-refractivity contribution in [1.82, 2.24) is 0 Å². The minimum absolute atomic E-state index is 0.0838. The molecule has 0 spiro atoms. The van der Waals surface area contributed by atoms with Crippen LogP contribution in [0.2, 0.25) is 0 Å². The van der Waals surface area contributed by atoms with Crippen LogP contribution in [-0.4, -0.2) is 11.9 Å². The first-order valence-corrected chi connectivity index (χ1v) is 10.0. The molecule has 168 valence electrons. The van der Waals surface area contributed by atoms with E-state index in [1.165, 1.54) is 38.1 Å². The number of ether oxygens (including phenoxy) is 2. The van der Waals surface area contributed by atoms with Crippen LogP contribution in [0.1, 0.15) is 19.4 Å². The lowest BCUT2D eigenvalue weighted by molar-refractivity contribution is -0.131. The van der Waals surface area contributed by atoms with E-state index in [0.717, 1.165) is 17.2 Å². The van der Waals surface area contributed by atoms with E-state index in [9.17, 15) is 18.4 Å². The van der Waals surface area contributed by atoms with Crippen LogP contribution in [0.4, 0.5) is 8.78 Å². The Morgan fingerprint density at radius 3 is 1.88 bits per heavy atom. The van der Waals surface area contributed by atoms with Gasteiger partial charge in [-0.2, -0.15) is 0 Å². The van der Waals surface area contributed by atoms with Crippen molar-refractivity contribution in [2.45, 2.75) is 20.8 Å². The van der Waals surface area contributed by atoms with Gasteiger partial charge in [-0.05, 0) is 67.3 Å². The second-order valence-electron chi connectivity index (χ2n) is 7.66. The lowest BCUT2D eigenvalue weighted by Crippen LogP contribution is -2.09. The van der Waals surface area contributed by atoms with Gasteiger partial charge in [-0.15, -0.1) is 0 Å². The lowest BCUT2D eigenvalue weighted by Gasteiger charge is -2.12. The average Bonchev–Trinajstić information content (AvgIpc) is 2.75. The zero-order chi connectivity index (χ0) is 24.3. The lowest BCUT2D eigenvalue weighted by atomic mass is 9.95. The zero-order valence-electron chi connectivity index (χ0n) is 18.5. The van der Waals surface area contributed by atoms with Crippen LogP contribution in [0.25, 0.3) is 22.3 Å². The molecule has 0 atom stereocenters. The number of aryl methyl sites for hydroxylation is 1. The van der Waals surface area contributed by atoms with E-state index in [0.29, 0.717) is 16.7 Å². The van der Waals surface area contributed by atoms with Crippen LogP contribution in [0.5, 0.6) is 11.5 Å². The minimum Gasteiger partial charge on any atom is -0.423 e. The molecule has 0 saturated heterocycles. The summed E-state index contributed by atoms with van der Waals surface area (Å²) in [7, 11) is 0. The molecule has 3 aromatic rings. The van der Waals surface area contributed by atoms with Gasteiger partial charge >= 0.3 is 11.9 Å². The molecule has 0 saturated carbocycles. The van der Waals surface area contributed by atoms with Gasteiger partial charge in [-0.3, -0.25) is 0 Å². The number of rotatable bonds is 6. The minimum atomic E-state index is -0.704. The van der Waals surface area contributed by atoms with Gasteiger partial charge in [-0.1, -0.05) is 37.4 Å². The van der Waals surface area contributed by atoms with Crippen molar-refractivity contribution in [3.63, 3.8) is 0 Å². The van der Waals surface area contributed by atoms with Gasteiger partial charge in [0.1, 0.15) is 11.6 Å². The van der Waals surface area contributed by atoms with Crippen LogP contribution in [0.15, 0.2) is 78.9 Å². The third-order valence-electron chi connectivity index (χ3n) is 4.83. The van der Waals surface area contributed by atoms with E-state index in [2.05, 4.69) is 13.2 Å². The van der Waals surface area contributed by atoms with Crippen LogP contribution in [0, 0.1) is 18.6 Å². The van der Waals surface area contributed by atoms with Gasteiger partial charge in [0, 0.05) is 22.8 Å². The molecule has 0 aromatic heterocycles. The van der Waals surface area contributed by atoms with Crippen molar-refractivity contribution in [3.8, 4) is 33.8 Å². The standard InChI is InChI=1S/C27H22F2O4/c1-15(2)26(30)32-20-8-10-22(23(28)14-20)18-6-9-21(17(5)12-18)19-7-11-25(24(29)13-19)33-27(31)16(3)4/h6-14H,1,3H2,2,4-5H3. The van der Waals surface area contributed by atoms with E-state index in [-0.39, 0.29) is 22.6 Å². The highest BCUT2D eigenvalue weighted by atomic mass is 19.1. The number of benzene rings is 3. The molecule has 0 bridgehead atoms. The molecule has 0 radical (unpaired) electrons. The predicted octanol–water partition coefficient (Wildman–Crippen LogP) is 6.57. The summed E-state index contributed by atoms with van der Waals surface area (Å²) in [6, 6.07) is 13.7. The van der Waals surface area contributed by atoms with Crippen molar-refractivity contribution in [3.05, 3.63) is 96.1 Å². The Morgan fingerprint density at radius 1 is 0.727 bits per heavy atom. The van der Waals surface area contributed by atoms with Crippen LogP contribution in [-0.2, 0) is 9.59 Å². The van der Waals surface area contributed by atoms with E-state index in [1.807, 2.05) is 6.92 Å². The Morgan fingerprint density at radius 2 is 1.30 bits per heavy atom. The van der Waals surface area contributed by atoms with Crippen molar-refractivity contribution in [2.75, 3.05) is 0 Å². The number of hydrogen-bond acceptors (Lipinski definition) is 4. The number of carbonyl (C=O) groups is 2. The Bertz CT molecular complexity index is 1290. The third-order valence-corrected chi connectivity index (χ3v) is 4.83. The summed E-state index contributed by atoms with van der Waals surface area (Å²) in [4.78, 5) is 23.3. The molecule has 0 unspecified atom stereocenters. The predicted molar refractivity (Wildman–Crippen MR) is 123 cm³/mol. The molecule has 4 nitrogen and oxygen atoms in total. The van der Waals surface area contributed by atoms with Crippen molar-refractivity contribution in [2.24, 2.45) is 0 Å². The first-order chi connectivity index (χ1) is 15.6. The molecule has 0 aliphatic heterocycles. The Hall–Kier alpha value is -4.06. The SMILES string of the molecule is C=C(C)C(=O)Oc1ccc(-c2ccc(-c3ccc(OC(=O)C(=C)C)c(F)c3)c(C)c2)c(F)c1. The molecule has 33 heavy (non-hydrogen) atoms. The van der Waals surface area contributed by atoms with Crippen LogP contribution < -0.4 is 9.47 Å². The average molecular weight is 448 g/mol. The molecular formula is C27H22F2O4. The van der Waals surface area contributed by atoms with Gasteiger partial charge in [0.25, 0.3) is 0 Å². The summed E-state index contributed by atoms with van der Waals surface area (Å²) < 4.78 is 39.2. The molecule has 0 N–H and O–H groups in total. The molecule has 0 heterocycles. The largest absolute Gasteiger partial charge is 0.423 e. The second kappa shape index (κ2) is 9.61. The summed E-state index contributed by atoms with van der Waals surface area (Å²) in [5.74, 6) is -2.67. The quantitative estimate of drug-likeness (QED) is 0.243. The first kappa shape index (κ1) is 23.6. The van der Waals surface area contributed by atoms with E-state index in [1.54, 1.807) is 24.3 Å². The molecule has 3 aromatic carbocycles. The number of hydrogen-bond donors (Lipinski definition) is 0. The molecule has 3 rings (SSSR count). The fourth-order valence-electron chi connectivity index (χ4n) is 3.08.